The summed E-state index contributed by atoms with van der Waals surface area (Å²) < 4.78 is 5.86. The second-order valence-electron chi connectivity index (χ2n) is 7.78. The van der Waals surface area contributed by atoms with Crippen molar-refractivity contribution in [3.63, 3.8) is 0 Å². The molecule has 1 aromatic carbocycles. The van der Waals surface area contributed by atoms with Crippen molar-refractivity contribution in [2.75, 3.05) is 6.54 Å². The van der Waals surface area contributed by atoms with E-state index in [1.54, 1.807) is 52.8 Å². The Bertz CT molecular complexity index is 792. The second-order valence-corrected chi connectivity index (χ2v) is 8.70. The van der Waals surface area contributed by atoms with Crippen molar-refractivity contribution in [3.8, 4) is 0 Å². The molecule has 1 N–H and O–H groups in total. The Kier molecular flexibility index (Phi) is 5.42. The number of halogens is 1. The van der Waals surface area contributed by atoms with E-state index in [1.807, 2.05) is 0 Å². The van der Waals surface area contributed by atoms with Gasteiger partial charge in [0, 0.05) is 10.0 Å². The molecule has 7 heteroatoms. The number of Topliss-reactive ketones (excluding diaryl/α,β-unsaturated/α-hetero) is 2. The predicted molar refractivity (Wildman–Crippen MR) is 98.9 cm³/mol. The van der Waals surface area contributed by atoms with Crippen LogP contribution in [0.25, 0.3) is 0 Å². The predicted octanol–water partition coefficient (Wildman–Crippen LogP) is 2.57. The molecule has 1 atom stereocenters. The molecule has 26 heavy (non-hydrogen) atoms. The fourth-order valence-corrected chi connectivity index (χ4v) is 3.25. The van der Waals surface area contributed by atoms with E-state index in [9.17, 15) is 19.2 Å². The standard InChI is InChI=1S/C19H22BrNO5/c1-18(2,3)26-13(22)9-21-17(25)14-15(23)11-7-6-10(20)8-12(11)19(4,5)16(14)24/h6-8,14H,9H2,1-5H3,(H,21,25). The average molecular weight is 424 g/mol. The highest BCUT2D eigenvalue weighted by molar-refractivity contribution is 9.10. The van der Waals surface area contributed by atoms with Crippen LogP contribution in [-0.4, -0.2) is 35.6 Å². The van der Waals surface area contributed by atoms with Gasteiger partial charge in [-0.2, -0.15) is 0 Å². The molecule has 2 rings (SSSR count). The van der Waals surface area contributed by atoms with Gasteiger partial charge in [-0.15, -0.1) is 0 Å². The SMILES string of the molecule is CC(C)(C)OC(=O)CNC(=O)C1C(=O)c2ccc(Br)cc2C(C)(C)C1=O. The molecular weight excluding hydrogens is 402 g/mol. The van der Waals surface area contributed by atoms with Gasteiger partial charge in [-0.05, 0) is 58.4 Å². The van der Waals surface area contributed by atoms with Crippen molar-refractivity contribution in [3.05, 3.63) is 33.8 Å². The summed E-state index contributed by atoms with van der Waals surface area (Å²) in [5, 5.41) is 2.35. The first-order chi connectivity index (χ1) is 11.8. The number of ether oxygens (including phenoxy) is 1. The molecule has 0 saturated carbocycles. The number of carbonyl (C=O) groups is 4. The van der Waals surface area contributed by atoms with Gasteiger partial charge in [0.25, 0.3) is 0 Å². The van der Waals surface area contributed by atoms with Crippen LogP contribution in [0.5, 0.6) is 0 Å². The Balaban J connectivity index is 2.23. The monoisotopic (exact) mass is 423 g/mol. The summed E-state index contributed by atoms with van der Waals surface area (Å²) in [6, 6.07) is 5.02. The minimum absolute atomic E-state index is 0.343. The lowest BCUT2D eigenvalue weighted by molar-refractivity contribution is -0.155. The van der Waals surface area contributed by atoms with Crippen molar-refractivity contribution < 1.29 is 23.9 Å². The fourth-order valence-electron chi connectivity index (χ4n) is 2.89. The molecule has 0 aliphatic heterocycles. The molecule has 1 aliphatic rings. The number of esters is 1. The summed E-state index contributed by atoms with van der Waals surface area (Å²) in [6.07, 6.45) is 0. The number of hydrogen-bond acceptors (Lipinski definition) is 5. The molecule has 0 aromatic heterocycles. The zero-order valence-corrected chi connectivity index (χ0v) is 17.0. The summed E-state index contributed by atoms with van der Waals surface area (Å²) in [5.74, 6) is -3.94. The lowest BCUT2D eigenvalue weighted by Gasteiger charge is -2.34. The number of fused-ring (bicyclic) bond motifs is 1. The molecule has 0 fully saturated rings. The Labute approximate surface area is 160 Å². The van der Waals surface area contributed by atoms with Gasteiger partial charge in [-0.25, -0.2) is 0 Å². The first-order valence-corrected chi connectivity index (χ1v) is 9.02. The summed E-state index contributed by atoms with van der Waals surface area (Å²) in [6.45, 7) is 8.08. The quantitative estimate of drug-likeness (QED) is 0.595. The number of ketones is 2. The van der Waals surface area contributed by atoms with E-state index >= 15 is 0 Å². The van der Waals surface area contributed by atoms with Crippen LogP contribution in [-0.2, 0) is 24.5 Å². The minimum Gasteiger partial charge on any atom is -0.459 e. The smallest absolute Gasteiger partial charge is 0.325 e. The molecule has 0 heterocycles. The van der Waals surface area contributed by atoms with Crippen molar-refractivity contribution in [1.29, 1.82) is 0 Å². The first-order valence-electron chi connectivity index (χ1n) is 8.22. The normalized spacial score (nSPS) is 18.9. The lowest BCUT2D eigenvalue weighted by atomic mass is 9.66. The highest BCUT2D eigenvalue weighted by atomic mass is 79.9. The first kappa shape index (κ1) is 20.3. The Morgan fingerprint density at radius 3 is 2.42 bits per heavy atom. The molecule has 140 valence electrons. The number of hydrogen-bond donors (Lipinski definition) is 1. The zero-order chi connectivity index (χ0) is 19.9. The van der Waals surface area contributed by atoms with Crippen LogP contribution < -0.4 is 5.32 Å². The zero-order valence-electron chi connectivity index (χ0n) is 15.4. The highest BCUT2D eigenvalue weighted by Crippen LogP contribution is 2.38. The molecule has 1 amide bonds. The van der Waals surface area contributed by atoms with Crippen molar-refractivity contribution >= 4 is 39.4 Å². The second kappa shape index (κ2) is 6.95. The maximum Gasteiger partial charge on any atom is 0.325 e. The molecule has 0 spiro atoms. The summed E-state index contributed by atoms with van der Waals surface area (Å²) >= 11 is 3.34. The van der Waals surface area contributed by atoms with Gasteiger partial charge in [0.15, 0.2) is 17.5 Å². The van der Waals surface area contributed by atoms with Gasteiger partial charge < -0.3 is 10.1 Å². The maximum atomic E-state index is 12.8. The lowest BCUT2D eigenvalue weighted by Crippen LogP contribution is -2.51. The van der Waals surface area contributed by atoms with Crippen molar-refractivity contribution in [2.45, 2.75) is 45.6 Å². The van der Waals surface area contributed by atoms with Gasteiger partial charge in [0.05, 0.1) is 5.41 Å². The molecular formula is C19H22BrNO5. The molecule has 1 aromatic rings. The van der Waals surface area contributed by atoms with Crippen LogP contribution >= 0.6 is 15.9 Å². The van der Waals surface area contributed by atoms with Gasteiger partial charge >= 0.3 is 5.97 Å². The summed E-state index contributed by atoms with van der Waals surface area (Å²) in [5.41, 5.74) is -0.763. The van der Waals surface area contributed by atoms with Crippen LogP contribution in [0, 0.1) is 5.92 Å². The number of nitrogens with one attached hydrogen (secondary N) is 1. The van der Waals surface area contributed by atoms with Gasteiger partial charge in [0.1, 0.15) is 12.1 Å². The van der Waals surface area contributed by atoms with Crippen LogP contribution in [0.3, 0.4) is 0 Å². The minimum atomic E-state index is -1.47. The van der Waals surface area contributed by atoms with E-state index in [0.29, 0.717) is 11.1 Å². The van der Waals surface area contributed by atoms with E-state index < -0.39 is 46.9 Å². The van der Waals surface area contributed by atoms with Crippen molar-refractivity contribution in [2.24, 2.45) is 5.92 Å². The van der Waals surface area contributed by atoms with Gasteiger partial charge in [-0.1, -0.05) is 15.9 Å². The molecule has 0 radical (unpaired) electrons. The molecule has 0 saturated heterocycles. The van der Waals surface area contributed by atoms with E-state index in [-0.39, 0.29) is 0 Å². The van der Waals surface area contributed by atoms with E-state index in [2.05, 4.69) is 21.2 Å². The third kappa shape index (κ3) is 4.03. The van der Waals surface area contributed by atoms with Crippen LogP contribution in [0.1, 0.15) is 50.5 Å². The molecule has 1 unspecified atom stereocenters. The largest absolute Gasteiger partial charge is 0.459 e. The van der Waals surface area contributed by atoms with E-state index in [4.69, 9.17) is 4.74 Å². The molecule has 6 nitrogen and oxygen atoms in total. The Morgan fingerprint density at radius 2 is 1.85 bits per heavy atom. The summed E-state index contributed by atoms with van der Waals surface area (Å²) in [7, 11) is 0. The van der Waals surface area contributed by atoms with Crippen molar-refractivity contribution in [1.82, 2.24) is 5.32 Å². The van der Waals surface area contributed by atoms with Crippen LogP contribution in [0.15, 0.2) is 22.7 Å². The third-order valence-electron chi connectivity index (χ3n) is 4.15. The fraction of sp³-hybridized carbons (Fsp3) is 0.474. The Morgan fingerprint density at radius 1 is 1.23 bits per heavy atom. The third-order valence-corrected chi connectivity index (χ3v) is 4.64. The topological polar surface area (TPSA) is 89.5 Å². The van der Waals surface area contributed by atoms with Crippen LogP contribution in [0.4, 0.5) is 0 Å². The molecule has 0 bridgehead atoms. The molecule has 1 aliphatic carbocycles. The van der Waals surface area contributed by atoms with Crippen LogP contribution in [0.2, 0.25) is 0 Å². The number of amides is 1. The number of carbonyl (C=O) groups excluding carboxylic acids is 4. The number of rotatable bonds is 3. The van der Waals surface area contributed by atoms with Gasteiger partial charge in [-0.3, -0.25) is 19.2 Å². The number of benzene rings is 1. The summed E-state index contributed by atoms with van der Waals surface area (Å²) in [4.78, 5) is 49.8. The van der Waals surface area contributed by atoms with Gasteiger partial charge in [0.2, 0.25) is 5.91 Å². The van der Waals surface area contributed by atoms with E-state index in [0.717, 1.165) is 4.47 Å². The Hall–Kier alpha value is -2.02. The maximum absolute atomic E-state index is 12.8. The van der Waals surface area contributed by atoms with E-state index in [1.165, 1.54) is 0 Å². The average Bonchev–Trinajstić information content (AvgIpc) is 2.50. The highest BCUT2D eigenvalue weighted by Gasteiger charge is 2.49.